The lowest BCUT2D eigenvalue weighted by Crippen LogP contribution is -2.58. The summed E-state index contributed by atoms with van der Waals surface area (Å²) in [5.74, 6) is -3.27. The van der Waals surface area contributed by atoms with Crippen LogP contribution < -0.4 is 27.4 Å². The molecule has 0 bridgehead atoms. The molecule has 1 heterocycles. The number of aliphatic carboxylic acids is 1. The molecule has 49 heavy (non-hydrogen) atoms. The van der Waals surface area contributed by atoms with Crippen LogP contribution in [0.3, 0.4) is 0 Å². The van der Waals surface area contributed by atoms with Crippen LogP contribution in [0.4, 0.5) is 0 Å². The molecule has 0 radical (unpaired) electrons. The number of phenolic OH excluding ortho intramolecular Hbond substituents is 1. The highest BCUT2D eigenvalue weighted by Crippen LogP contribution is 2.22. The Hall–Kier alpha value is -5.53. The Labute approximate surface area is 283 Å². The number of amides is 3. The Morgan fingerprint density at radius 1 is 0.735 bits per heavy atom. The summed E-state index contributed by atoms with van der Waals surface area (Å²) in [7, 11) is 0. The summed E-state index contributed by atoms with van der Waals surface area (Å²) in [6.45, 7) is 0.347. The van der Waals surface area contributed by atoms with Gasteiger partial charge in [-0.25, -0.2) is 4.79 Å². The van der Waals surface area contributed by atoms with Gasteiger partial charge >= 0.3 is 5.97 Å². The van der Waals surface area contributed by atoms with E-state index in [2.05, 4.69) is 16.0 Å². The van der Waals surface area contributed by atoms with Crippen molar-refractivity contribution >= 4 is 41.0 Å². The molecule has 4 aromatic rings. The molecule has 258 valence electrons. The molecule has 0 spiro atoms. The third-order valence-electron chi connectivity index (χ3n) is 8.20. The number of phenols is 1. The molecule has 1 aromatic heterocycles. The normalized spacial score (nSPS) is 13.5. The lowest BCUT2D eigenvalue weighted by molar-refractivity contribution is -0.142. The molecule has 9 N–H and O–H groups in total. The molecule has 3 aromatic carbocycles. The third-order valence-corrected chi connectivity index (χ3v) is 8.20. The van der Waals surface area contributed by atoms with Crippen LogP contribution >= 0.6 is 0 Å². The molecular formula is C36H42N6O7. The summed E-state index contributed by atoms with van der Waals surface area (Å²) in [5, 5.41) is 28.2. The number of hydrogen-bond acceptors (Lipinski definition) is 8. The molecule has 4 atom stereocenters. The fraction of sp³-hybridized carbons (Fsp3) is 0.306. The summed E-state index contributed by atoms with van der Waals surface area (Å²) in [6, 6.07) is 17.5. The maximum atomic E-state index is 14.0. The van der Waals surface area contributed by atoms with Crippen molar-refractivity contribution in [3.8, 4) is 5.75 Å². The van der Waals surface area contributed by atoms with Crippen molar-refractivity contribution < 1.29 is 34.2 Å². The first-order valence-corrected chi connectivity index (χ1v) is 16.0. The average Bonchev–Trinajstić information content (AvgIpc) is 3.45. The first kappa shape index (κ1) is 36.3. The smallest absolute Gasteiger partial charge is 0.326 e. The number of hydrogen-bond donors (Lipinski definition) is 7. The summed E-state index contributed by atoms with van der Waals surface area (Å²) in [4.78, 5) is 64.8. The summed E-state index contributed by atoms with van der Waals surface area (Å²) in [6.07, 6.45) is 3.50. The summed E-state index contributed by atoms with van der Waals surface area (Å²) >= 11 is 0. The van der Waals surface area contributed by atoms with Gasteiger partial charge < -0.3 is 37.6 Å². The van der Waals surface area contributed by atoms with Crippen molar-refractivity contribution in [2.24, 2.45) is 11.5 Å². The Kier molecular flexibility index (Phi) is 13.0. The summed E-state index contributed by atoms with van der Waals surface area (Å²) in [5.41, 5.74) is 14.5. The van der Waals surface area contributed by atoms with E-state index in [0.29, 0.717) is 47.8 Å². The van der Waals surface area contributed by atoms with Crippen LogP contribution in [-0.2, 0) is 43.2 Å². The maximum Gasteiger partial charge on any atom is 0.326 e. The highest BCUT2D eigenvalue weighted by molar-refractivity contribution is 5.95. The number of carbonyl (C=O) groups excluding carboxylic acids is 4. The molecule has 0 aliphatic rings. The van der Waals surface area contributed by atoms with Gasteiger partial charge in [-0.1, -0.05) is 60.7 Å². The number of benzene rings is 3. The number of unbranched alkanes of at least 4 members (excludes halogenated alkanes) is 1. The van der Waals surface area contributed by atoms with E-state index in [0.717, 1.165) is 5.56 Å². The number of para-hydroxylation sites is 1. The quantitative estimate of drug-likeness (QED) is 0.0600. The molecule has 0 unspecified atom stereocenters. The molecule has 13 heteroatoms. The molecular weight excluding hydrogens is 628 g/mol. The van der Waals surface area contributed by atoms with Gasteiger partial charge in [-0.2, -0.15) is 0 Å². The number of fused-ring (bicyclic) bond motifs is 1. The second-order valence-corrected chi connectivity index (χ2v) is 11.9. The van der Waals surface area contributed by atoms with Crippen LogP contribution in [0.2, 0.25) is 0 Å². The van der Waals surface area contributed by atoms with Crippen LogP contribution in [-0.4, -0.2) is 75.6 Å². The standard InChI is InChI=1S/C36H42N6O7/c37-17-7-6-11-29(34(46)41-31(36(48)49)19-24-13-15-26(44)16-14-24)39-35(47)30(40-33(45)28(38)18-23-8-2-1-3-9-23)20-25-21-42(22-43)32-12-5-4-10-27(25)32/h1-5,8-10,12-16,21-22,28-31,44H,6-7,11,17-20,37-38H2,(H,39,47)(H,40,45)(H,41,46)(H,48,49)/t28-,29-,30-,31-/m0/s1. The van der Waals surface area contributed by atoms with E-state index < -0.39 is 47.9 Å². The van der Waals surface area contributed by atoms with Crippen LogP contribution in [0.1, 0.15) is 36.0 Å². The Morgan fingerprint density at radius 2 is 1.35 bits per heavy atom. The Bertz CT molecular complexity index is 1740. The van der Waals surface area contributed by atoms with Gasteiger partial charge in [0.05, 0.1) is 11.6 Å². The molecule has 0 fully saturated rings. The number of carboxylic acid groups (broad SMARTS) is 1. The highest BCUT2D eigenvalue weighted by atomic mass is 16.4. The zero-order valence-corrected chi connectivity index (χ0v) is 27.0. The third kappa shape index (κ3) is 10.2. The number of carboxylic acids is 1. The van der Waals surface area contributed by atoms with Gasteiger partial charge in [0.1, 0.15) is 23.9 Å². The van der Waals surface area contributed by atoms with E-state index in [1.807, 2.05) is 30.3 Å². The van der Waals surface area contributed by atoms with Crippen molar-refractivity contribution in [2.75, 3.05) is 6.54 Å². The summed E-state index contributed by atoms with van der Waals surface area (Å²) < 4.78 is 1.38. The van der Waals surface area contributed by atoms with E-state index in [1.54, 1.807) is 42.6 Å². The van der Waals surface area contributed by atoms with Crippen molar-refractivity contribution in [2.45, 2.75) is 62.7 Å². The number of aromatic hydroxyl groups is 1. The van der Waals surface area contributed by atoms with Crippen molar-refractivity contribution in [1.82, 2.24) is 20.5 Å². The molecule has 4 rings (SSSR count). The molecule has 0 saturated heterocycles. The van der Waals surface area contributed by atoms with E-state index in [1.165, 1.54) is 16.7 Å². The zero-order chi connectivity index (χ0) is 35.3. The lowest BCUT2D eigenvalue weighted by Gasteiger charge is -2.25. The monoisotopic (exact) mass is 670 g/mol. The molecule has 0 aliphatic heterocycles. The van der Waals surface area contributed by atoms with Crippen LogP contribution in [0, 0.1) is 0 Å². The topological polar surface area (TPSA) is 219 Å². The van der Waals surface area contributed by atoms with Gasteiger partial charge in [0.2, 0.25) is 24.1 Å². The SMILES string of the molecule is NCCCC[C@H](NC(=O)[C@H](Cc1cn(C=O)c2ccccc12)NC(=O)[C@@H](N)Cc1ccccc1)C(=O)N[C@@H](Cc1ccc(O)cc1)C(=O)O. The molecule has 3 amide bonds. The Morgan fingerprint density at radius 3 is 2.02 bits per heavy atom. The van der Waals surface area contributed by atoms with E-state index in [9.17, 15) is 34.2 Å². The van der Waals surface area contributed by atoms with E-state index >= 15 is 0 Å². The fourth-order valence-corrected chi connectivity index (χ4v) is 5.57. The lowest BCUT2D eigenvalue weighted by atomic mass is 10.0. The van der Waals surface area contributed by atoms with Gasteiger partial charge in [0.25, 0.3) is 0 Å². The van der Waals surface area contributed by atoms with Crippen LogP contribution in [0.5, 0.6) is 5.75 Å². The fourth-order valence-electron chi connectivity index (χ4n) is 5.57. The first-order chi connectivity index (χ1) is 23.6. The minimum atomic E-state index is -1.33. The second-order valence-electron chi connectivity index (χ2n) is 11.9. The number of carbonyl (C=O) groups is 5. The Balaban J connectivity index is 1.58. The number of aromatic nitrogens is 1. The zero-order valence-electron chi connectivity index (χ0n) is 27.0. The minimum absolute atomic E-state index is 0.0146. The first-order valence-electron chi connectivity index (χ1n) is 16.0. The number of nitrogens with one attached hydrogen (secondary N) is 3. The number of rotatable bonds is 18. The van der Waals surface area contributed by atoms with Crippen molar-refractivity contribution in [3.05, 3.63) is 102 Å². The van der Waals surface area contributed by atoms with E-state index in [4.69, 9.17) is 11.5 Å². The van der Waals surface area contributed by atoms with Crippen LogP contribution in [0.15, 0.2) is 85.1 Å². The largest absolute Gasteiger partial charge is 0.508 e. The molecule has 13 nitrogen and oxygen atoms in total. The number of nitrogens with zero attached hydrogens (tertiary/aromatic N) is 1. The van der Waals surface area contributed by atoms with Gasteiger partial charge in [-0.15, -0.1) is 0 Å². The van der Waals surface area contributed by atoms with E-state index in [-0.39, 0.29) is 31.4 Å². The second kappa shape index (κ2) is 17.6. The maximum absolute atomic E-state index is 14.0. The minimum Gasteiger partial charge on any atom is -0.508 e. The predicted molar refractivity (Wildman–Crippen MR) is 184 cm³/mol. The van der Waals surface area contributed by atoms with Crippen molar-refractivity contribution in [3.63, 3.8) is 0 Å². The van der Waals surface area contributed by atoms with Crippen LogP contribution in [0.25, 0.3) is 10.9 Å². The molecule has 0 aliphatic carbocycles. The van der Waals surface area contributed by atoms with Gasteiger partial charge in [0.15, 0.2) is 0 Å². The predicted octanol–water partition coefficient (Wildman–Crippen LogP) is 1.41. The van der Waals surface area contributed by atoms with Gasteiger partial charge in [0, 0.05) is 24.4 Å². The number of nitrogens with two attached hydrogens (primary N) is 2. The van der Waals surface area contributed by atoms with Crippen molar-refractivity contribution in [1.29, 1.82) is 0 Å². The molecule has 0 saturated carbocycles. The van der Waals surface area contributed by atoms with Gasteiger partial charge in [-0.3, -0.25) is 23.7 Å². The van der Waals surface area contributed by atoms with Gasteiger partial charge in [-0.05, 0) is 67.1 Å². The average molecular weight is 671 g/mol. The highest BCUT2D eigenvalue weighted by Gasteiger charge is 2.31.